The maximum Gasteiger partial charge on any atom is 0.303 e. The van der Waals surface area contributed by atoms with Crippen molar-refractivity contribution in [1.29, 1.82) is 0 Å². The number of rotatable bonds is 3. The summed E-state index contributed by atoms with van der Waals surface area (Å²) in [5.74, 6) is -0.702. The van der Waals surface area contributed by atoms with Crippen molar-refractivity contribution in [3.05, 3.63) is 34.9 Å². The largest absolute Gasteiger partial charge is 0.455 e. The highest BCUT2D eigenvalue weighted by molar-refractivity contribution is 5.68. The summed E-state index contributed by atoms with van der Waals surface area (Å²) < 4.78 is 17.6. The minimum absolute atomic E-state index is 0.0399. The van der Waals surface area contributed by atoms with Crippen LogP contribution in [0.2, 0.25) is 0 Å². The SMILES string of the molecule is CC(=O)O[C@@H]1/C(C(C)C)=C\C=C(/C)CC/C=C(\C)CC[C@@H]2O[C@@]2(C)[C@H]1OC(C)=O. The molecule has 2 rings (SSSR count). The molecule has 1 aliphatic carbocycles. The van der Waals surface area contributed by atoms with E-state index in [4.69, 9.17) is 14.2 Å². The van der Waals surface area contributed by atoms with Gasteiger partial charge in [-0.3, -0.25) is 9.59 Å². The highest BCUT2D eigenvalue weighted by atomic mass is 16.7. The van der Waals surface area contributed by atoms with Gasteiger partial charge in [0.2, 0.25) is 0 Å². The molecular formula is C24H36O5. The summed E-state index contributed by atoms with van der Waals surface area (Å²) in [7, 11) is 0. The molecule has 5 heteroatoms. The molecule has 0 N–H and O–H groups in total. The second-order valence-electron chi connectivity index (χ2n) is 8.81. The standard InChI is InChI=1S/C24H36O5/c1-15(2)20-13-11-16(3)9-8-10-17(4)12-14-21-24(7,29-21)23(28-19(6)26)22(20)27-18(5)25/h10-11,13,15,21-23H,8-9,12,14H2,1-7H3/b16-11+,17-10+,20-13-/t21-,22+,23-,24+/m0/s1. The van der Waals surface area contributed by atoms with Gasteiger partial charge in [-0.1, -0.05) is 43.2 Å². The minimum atomic E-state index is -0.691. The van der Waals surface area contributed by atoms with E-state index in [1.165, 1.54) is 25.0 Å². The van der Waals surface area contributed by atoms with Crippen LogP contribution in [0.1, 0.15) is 74.1 Å². The summed E-state index contributed by atoms with van der Waals surface area (Å²) in [5, 5.41) is 0. The number of carbonyl (C=O) groups is 2. The maximum atomic E-state index is 12.0. The molecule has 0 spiro atoms. The number of esters is 2. The molecule has 0 amide bonds. The van der Waals surface area contributed by atoms with Crippen LogP contribution in [-0.2, 0) is 23.8 Å². The van der Waals surface area contributed by atoms with E-state index in [9.17, 15) is 9.59 Å². The molecule has 0 saturated carbocycles. The van der Waals surface area contributed by atoms with Crippen molar-refractivity contribution in [2.45, 2.75) is 98.1 Å². The Bertz CT molecular complexity index is 715. The second-order valence-corrected chi connectivity index (χ2v) is 8.81. The lowest BCUT2D eigenvalue weighted by atomic mass is 9.85. The van der Waals surface area contributed by atoms with Crippen molar-refractivity contribution in [3.63, 3.8) is 0 Å². The molecule has 0 radical (unpaired) electrons. The predicted octanol–water partition coefficient (Wildman–Crippen LogP) is 5.06. The van der Waals surface area contributed by atoms with Gasteiger partial charge in [-0.2, -0.15) is 0 Å². The summed E-state index contributed by atoms with van der Waals surface area (Å²) in [6.07, 6.45) is 8.74. The number of epoxide rings is 1. The summed E-state index contributed by atoms with van der Waals surface area (Å²) in [6.45, 7) is 13.1. The quantitative estimate of drug-likeness (QED) is 0.374. The predicted molar refractivity (Wildman–Crippen MR) is 113 cm³/mol. The van der Waals surface area contributed by atoms with E-state index in [2.05, 4.69) is 39.8 Å². The van der Waals surface area contributed by atoms with Crippen molar-refractivity contribution < 1.29 is 23.8 Å². The van der Waals surface area contributed by atoms with Crippen molar-refractivity contribution >= 4 is 11.9 Å². The van der Waals surface area contributed by atoms with Gasteiger partial charge in [0, 0.05) is 13.8 Å². The first-order valence-electron chi connectivity index (χ1n) is 10.6. The molecule has 4 atom stereocenters. The van der Waals surface area contributed by atoms with Gasteiger partial charge in [0.1, 0.15) is 5.60 Å². The average molecular weight is 405 g/mol. The summed E-state index contributed by atoms with van der Waals surface area (Å²) in [5.41, 5.74) is 2.83. The smallest absolute Gasteiger partial charge is 0.303 e. The lowest BCUT2D eigenvalue weighted by Crippen LogP contribution is -2.47. The Morgan fingerprint density at radius 2 is 1.72 bits per heavy atom. The van der Waals surface area contributed by atoms with E-state index in [0.29, 0.717) is 0 Å². The summed E-state index contributed by atoms with van der Waals surface area (Å²) in [6, 6.07) is 0. The molecular weight excluding hydrogens is 368 g/mol. The Morgan fingerprint density at radius 1 is 1.07 bits per heavy atom. The van der Waals surface area contributed by atoms with Crippen LogP contribution in [0.5, 0.6) is 0 Å². The zero-order valence-corrected chi connectivity index (χ0v) is 18.9. The van der Waals surface area contributed by atoms with Gasteiger partial charge in [-0.25, -0.2) is 0 Å². The zero-order chi connectivity index (χ0) is 21.8. The molecule has 2 aliphatic rings. The molecule has 0 bridgehead atoms. The molecule has 1 heterocycles. The van der Waals surface area contributed by atoms with Gasteiger partial charge in [-0.05, 0) is 57.9 Å². The van der Waals surface area contributed by atoms with Gasteiger partial charge in [-0.15, -0.1) is 0 Å². The lowest BCUT2D eigenvalue weighted by molar-refractivity contribution is -0.167. The van der Waals surface area contributed by atoms with E-state index < -0.39 is 29.7 Å². The van der Waals surface area contributed by atoms with Gasteiger partial charge in [0.25, 0.3) is 0 Å². The van der Waals surface area contributed by atoms with Crippen LogP contribution in [0, 0.1) is 5.92 Å². The third-order valence-electron chi connectivity index (χ3n) is 5.79. The number of hydrogen-bond acceptors (Lipinski definition) is 5. The third kappa shape index (κ3) is 6.30. The van der Waals surface area contributed by atoms with Crippen molar-refractivity contribution in [2.24, 2.45) is 5.92 Å². The summed E-state index contributed by atoms with van der Waals surface area (Å²) in [4.78, 5) is 23.9. The highest BCUT2D eigenvalue weighted by Gasteiger charge is 2.62. The normalized spacial score (nSPS) is 36.3. The molecule has 1 aliphatic heterocycles. The fraction of sp³-hybridized carbons (Fsp3) is 0.667. The van der Waals surface area contributed by atoms with Crippen LogP contribution >= 0.6 is 0 Å². The Hall–Kier alpha value is -1.88. The van der Waals surface area contributed by atoms with E-state index in [1.807, 2.05) is 13.0 Å². The fourth-order valence-corrected chi connectivity index (χ4v) is 3.95. The van der Waals surface area contributed by atoms with E-state index in [0.717, 1.165) is 31.3 Å². The van der Waals surface area contributed by atoms with Crippen molar-refractivity contribution in [1.82, 2.24) is 0 Å². The summed E-state index contributed by atoms with van der Waals surface area (Å²) >= 11 is 0. The Kier molecular flexibility index (Phi) is 7.87. The Labute approximate surface area is 175 Å². The first kappa shape index (κ1) is 23.4. The van der Waals surface area contributed by atoms with E-state index in [1.54, 1.807) is 0 Å². The van der Waals surface area contributed by atoms with Gasteiger partial charge >= 0.3 is 11.9 Å². The number of fused-ring (bicyclic) bond motifs is 1. The molecule has 29 heavy (non-hydrogen) atoms. The third-order valence-corrected chi connectivity index (χ3v) is 5.79. The topological polar surface area (TPSA) is 65.1 Å². The van der Waals surface area contributed by atoms with Crippen LogP contribution in [-0.4, -0.2) is 35.9 Å². The second kappa shape index (κ2) is 9.75. The molecule has 1 fully saturated rings. The molecule has 0 aromatic rings. The highest BCUT2D eigenvalue weighted by Crippen LogP contribution is 2.47. The Morgan fingerprint density at radius 3 is 2.31 bits per heavy atom. The number of hydrogen-bond donors (Lipinski definition) is 0. The molecule has 0 unspecified atom stereocenters. The Balaban J connectivity index is 2.53. The van der Waals surface area contributed by atoms with Crippen LogP contribution < -0.4 is 0 Å². The van der Waals surface area contributed by atoms with Crippen LogP contribution in [0.3, 0.4) is 0 Å². The molecule has 0 aromatic heterocycles. The van der Waals surface area contributed by atoms with Crippen LogP contribution in [0.25, 0.3) is 0 Å². The maximum absolute atomic E-state index is 12.0. The van der Waals surface area contributed by atoms with Crippen LogP contribution in [0.4, 0.5) is 0 Å². The monoisotopic (exact) mass is 404 g/mol. The first-order valence-corrected chi connectivity index (χ1v) is 10.6. The molecule has 162 valence electrons. The average Bonchev–Trinajstić information content (AvgIpc) is 3.27. The number of ether oxygens (including phenoxy) is 3. The lowest BCUT2D eigenvalue weighted by Gasteiger charge is -2.32. The zero-order valence-electron chi connectivity index (χ0n) is 18.9. The minimum Gasteiger partial charge on any atom is -0.455 e. The number of carbonyl (C=O) groups excluding carboxylic acids is 2. The van der Waals surface area contributed by atoms with E-state index >= 15 is 0 Å². The number of allylic oxidation sites excluding steroid dienone is 5. The molecule has 1 saturated heterocycles. The fourth-order valence-electron chi connectivity index (χ4n) is 3.95. The van der Waals surface area contributed by atoms with Gasteiger partial charge in [0.15, 0.2) is 12.2 Å². The van der Waals surface area contributed by atoms with Crippen LogP contribution in [0.15, 0.2) is 34.9 Å². The first-order chi connectivity index (χ1) is 13.5. The van der Waals surface area contributed by atoms with Gasteiger partial charge < -0.3 is 14.2 Å². The van der Waals surface area contributed by atoms with Crippen molar-refractivity contribution in [3.8, 4) is 0 Å². The van der Waals surface area contributed by atoms with E-state index in [-0.39, 0.29) is 12.0 Å². The van der Waals surface area contributed by atoms with Crippen molar-refractivity contribution in [2.75, 3.05) is 0 Å². The molecule has 5 nitrogen and oxygen atoms in total. The molecule has 0 aromatic carbocycles. The van der Waals surface area contributed by atoms with Gasteiger partial charge in [0.05, 0.1) is 6.10 Å².